The Morgan fingerprint density at radius 3 is 2.63 bits per heavy atom. The maximum atomic E-state index is 13.0. The number of hydrogen-bond acceptors (Lipinski definition) is 6. The highest BCUT2D eigenvalue weighted by Gasteiger charge is 2.13. The van der Waals surface area contributed by atoms with Crippen molar-refractivity contribution >= 4 is 33.4 Å². The van der Waals surface area contributed by atoms with E-state index in [2.05, 4.69) is 22.4 Å². The Kier molecular flexibility index (Phi) is 4.89. The van der Waals surface area contributed by atoms with Crippen molar-refractivity contribution in [2.24, 2.45) is 0 Å². The van der Waals surface area contributed by atoms with E-state index >= 15 is 0 Å². The first-order chi connectivity index (χ1) is 13.2. The minimum absolute atomic E-state index is 0.0103. The van der Waals surface area contributed by atoms with Crippen LogP contribution in [-0.4, -0.2) is 29.8 Å². The van der Waals surface area contributed by atoms with Crippen LogP contribution in [0.15, 0.2) is 46.3 Å². The van der Waals surface area contributed by atoms with Crippen LogP contribution in [0.1, 0.15) is 26.1 Å². The average molecular weight is 380 g/mol. The number of rotatable bonds is 6. The molecule has 0 saturated carbocycles. The molecule has 2 aromatic heterocycles. The van der Waals surface area contributed by atoms with Crippen LogP contribution in [0.25, 0.3) is 21.7 Å². The maximum absolute atomic E-state index is 13.0. The number of benzene rings is 2. The quantitative estimate of drug-likeness (QED) is 0.290. The Labute approximate surface area is 160 Å². The summed E-state index contributed by atoms with van der Waals surface area (Å²) in [6.07, 6.45) is 0.962. The second kappa shape index (κ2) is 7.48. The van der Waals surface area contributed by atoms with Gasteiger partial charge in [0.15, 0.2) is 11.0 Å². The van der Waals surface area contributed by atoms with Gasteiger partial charge < -0.3 is 0 Å². The summed E-state index contributed by atoms with van der Waals surface area (Å²) in [5.41, 5.74) is 0.711. The molecule has 4 rings (SSSR count). The summed E-state index contributed by atoms with van der Waals surface area (Å²) >= 11 is 1.49. The standard InChI is InChI=1S/C19H20N6OS/c1-3-9-25-17(21-22-23-25)12-27-19-20-16-11-14-8-6-5-7-13(14)10-15(16)18(26)24(19)4-2/h5-8,10-11H,3-4,9,12H2,1-2H3. The Morgan fingerprint density at radius 2 is 1.89 bits per heavy atom. The number of aromatic nitrogens is 6. The monoisotopic (exact) mass is 380 g/mol. The first kappa shape index (κ1) is 17.7. The third kappa shape index (κ3) is 3.32. The molecule has 8 heteroatoms. The van der Waals surface area contributed by atoms with Crippen molar-refractivity contribution in [1.82, 2.24) is 29.8 Å². The highest BCUT2D eigenvalue weighted by Crippen LogP contribution is 2.24. The largest absolute Gasteiger partial charge is 0.287 e. The van der Waals surface area contributed by atoms with Gasteiger partial charge in [0.2, 0.25) is 0 Å². The van der Waals surface area contributed by atoms with E-state index < -0.39 is 0 Å². The minimum atomic E-state index is -0.0103. The molecule has 0 aliphatic heterocycles. The van der Waals surface area contributed by atoms with Crippen LogP contribution >= 0.6 is 11.8 Å². The molecular weight excluding hydrogens is 360 g/mol. The van der Waals surface area contributed by atoms with Crippen molar-refractivity contribution < 1.29 is 0 Å². The fraction of sp³-hybridized carbons (Fsp3) is 0.316. The smallest absolute Gasteiger partial charge is 0.262 e. The number of fused-ring (bicyclic) bond motifs is 2. The summed E-state index contributed by atoms with van der Waals surface area (Å²) in [7, 11) is 0. The molecule has 0 amide bonds. The van der Waals surface area contributed by atoms with Crippen molar-refractivity contribution in [2.75, 3.05) is 0 Å². The zero-order valence-electron chi connectivity index (χ0n) is 15.3. The second-order valence-electron chi connectivity index (χ2n) is 6.27. The predicted octanol–water partition coefficient (Wildman–Crippen LogP) is 3.26. The summed E-state index contributed by atoms with van der Waals surface area (Å²) < 4.78 is 3.52. The van der Waals surface area contributed by atoms with E-state index in [9.17, 15) is 4.79 Å². The molecule has 0 radical (unpaired) electrons. The van der Waals surface area contributed by atoms with Crippen molar-refractivity contribution in [1.29, 1.82) is 0 Å². The second-order valence-corrected chi connectivity index (χ2v) is 7.21. The molecule has 0 aliphatic carbocycles. The SMILES string of the molecule is CCCn1nnnc1CSc1nc2cc3ccccc3cc2c(=O)n1CC. The highest BCUT2D eigenvalue weighted by molar-refractivity contribution is 7.98. The van der Waals surface area contributed by atoms with Gasteiger partial charge in [0.25, 0.3) is 5.56 Å². The van der Waals surface area contributed by atoms with Crippen LogP contribution in [0.3, 0.4) is 0 Å². The van der Waals surface area contributed by atoms with Gasteiger partial charge in [-0.25, -0.2) is 9.67 Å². The molecule has 2 heterocycles. The Morgan fingerprint density at radius 1 is 1.11 bits per heavy atom. The molecule has 2 aromatic carbocycles. The van der Waals surface area contributed by atoms with Crippen LogP contribution < -0.4 is 5.56 Å². The molecule has 0 aliphatic rings. The van der Waals surface area contributed by atoms with Crippen LogP contribution in [0.4, 0.5) is 0 Å². The van der Waals surface area contributed by atoms with Crippen LogP contribution in [-0.2, 0) is 18.8 Å². The van der Waals surface area contributed by atoms with E-state index in [0.29, 0.717) is 22.8 Å². The molecule has 0 unspecified atom stereocenters. The molecular formula is C19H20N6OS. The highest BCUT2D eigenvalue weighted by atomic mass is 32.2. The van der Waals surface area contributed by atoms with E-state index in [4.69, 9.17) is 4.98 Å². The van der Waals surface area contributed by atoms with E-state index in [-0.39, 0.29) is 5.56 Å². The lowest BCUT2D eigenvalue weighted by Gasteiger charge is -2.11. The summed E-state index contributed by atoms with van der Waals surface area (Å²) in [4.78, 5) is 17.8. The Balaban J connectivity index is 1.76. The van der Waals surface area contributed by atoms with E-state index in [1.54, 1.807) is 9.25 Å². The average Bonchev–Trinajstić information content (AvgIpc) is 3.13. The van der Waals surface area contributed by atoms with Gasteiger partial charge in [-0.05, 0) is 46.7 Å². The van der Waals surface area contributed by atoms with Crippen LogP contribution in [0.5, 0.6) is 0 Å². The van der Waals surface area contributed by atoms with Crippen LogP contribution in [0.2, 0.25) is 0 Å². The molecule has 0 saturated heterocycles. The Bertz CT molecular complexity index is 1170. The molecule has 7 nitrogen and oxygen atoms in total. The zero-order valence-corrected chi connectivity index (χ0v) is 16.1. The number of nitrogens with zero attached hydrogens (tertiary/aromatic N) is 6. The fourth-order valence-corrected chi connectivity index (χ4v) is 4.11. The maximum Gasteiger partial charge on any atom is 0.262 e. The lowest BCUT2D eigenvalue weighted by molar-refractivity contribution is 0.564. The number of thioether (sulfide) groups is 1. The van der Waals surface area contributed by atoms with E-state index in [1.165, 1.54) is 11.8 Å². The van der Waals surface area contributed by atoms with Crippen molar-refractivity contribution in [3.8, 4) is 0 Å². The predicted molar refractivity (Wildman–Crippen MR) is 107 cm³/mol. The van der Waals surface area contributed by atoms with Gasteiger partial charge in [0.1, 0.15) is 0 Å². The summed E-state index contributed by atoms with van der Waals surface area (Å²) in [5, 5.41) is 15.3. The molecule has 0 atom stereocenters. The molecule has 0 N–H and O–H groups in total. The molecule has 0 spiro atoms. The summed E-state index contributed by atoms with van der Waals surface area (Å²) in [6, 6.07) is 11.9. The first-order valence-electron chi connectivity index (χ1n) is 9.02. The van der Waals surface area contributed by atoms with Gasteiger partial charge in [0.05, 0.1) is 16.7 Å². The fourth-order valence-electron chi connectivity index (χ4n) is 3.12. The molecule has 27 heavy (non-hydrogen) atoms. The Hall–Kier alpha value is -2.74. The van der Waals surface area contributed by atoms with Crippen molar-refractivity contribution in [3.63, 3.8) is 0 Å². The lowest BCUT2D eigenvalue weighted by atomic mass is 10.1. The topological polar surface area (TPSA) is 78.5 Å². The first-order valence-corrected chi connectivity index (χ1v) is 10.0. The number of aryl methyl sites for hydroxylation is 1. The normalized spacial score (nSPS) is 11.5. The van der Waals surface area contributed by atoms with Gasteiger partial charge in [0, 0.05) is 13.1 Å². The summed E-state index contributed by atoms with van der Waals surface area (Å²) in [6.45, 7) is 5.39. The van der Waals surface area contributed by atoms with Gasteiger partial charge in [-0.15, -0.1) is 5.10 Å². The number of tetrazole rings is 1. The van der Waals surface area contributed by atoms with E-state index in [1.807, 2.05) is 43.3 Å². The van der Waals surface area contributed by atoms with Crippen molar-refractivity contribution in [2.45, 2.75) is 44.3 Å². The van der Waals surface area contributed by atoms with E-state index in [0.717, 1.165) is 35.1 Å². The lowest BCUT2D eigenvalue weighted by Crippen LogP contribution is -2.22. The van der Waals surface area contributed by atoms with Crippen LogP contribution in [0, 0.1) is 0 Å². The van der Waals surface area contributed by atoms with Gasteiger partial charge >= 0.3 is 0 Å². The van der Waals surface area contributed by atoms with Gasteiger partial charge in [-0.2, -0.15) is 0 Å². The molecule has 0 bridgehead atoms. The molecule has 138 valence electrons. The minimum Gasteiger partial charge on any atom is -0.287 e. The summed E-state index contributed by atoms with van der Waals surface area (Å²) in [5.74, 6) is 1.36. The number of hydrogen-bond donors (Lipinski definition) is 0. The van der Waals surface area contributed by atoms with Gasteiger partial charge in [-0.1, -0.05) is 43.0 Å². The third-order valence-electron chi connectivity index (χ3n) is 4.47. The third-order valence-corrected chi connectivity index (χ3v) is 5.45. The van der Waals surface area contributed by atoms with Crippen molar-refractivity contribution in [3.05, 3.63) is 52.6 Å². The zero-order chi connectivity index (χ0) is 18.8. The molecule has 0 fully saturated rings. The molecule has 4 aromatic rings. The van der Waals surface area contributed by atoms with Gasteiger partial charge in [-0.3, -0.25) is 9.36 Å².